The normalized spacial score (nSPS) is 11.9. The van der Waals surface area contributed by atoms with Gasteiger partial charge in [0, 0.05) is 30.4 Å². The summed E-state index contributed by atoms with van der Waals surface area (Å²) >= 11 is 1.11. The van der Waals surface area contributed by atoms with Crippen molar-refractivity contribution in [3.05, 3.63) is 33.0 Å². The molecule has 2 aromatic rings. The van der Waals surface area contributed by atoms with Crippen molar-refractivity contribution in [2.45, 2.75) is 117 Å². The van der Waals surface area contributed by atoms with Crippen LogP contribution in [-0.4, -0.2) is 20.7 Å². The van der Waals surface area contributed by atoms with Gasteiger partial charge in [-0.25, -0.2) is 8.95 Å². The molecule has 2 rings (SSSR count). The third-order valence-electron chi connectivity index (χ3n) is 6.26. The summed E-state index contributed by atoms with van der Waals surface area (Å²) in [4.78, 5) is 40.6. The van der Waals surface area contributed by atoms with Gasteiger partial charge in [0.05, 0.1) is 10.4 Å². The Labute approximate surface area is 212 Å². The van der Waals surface area contributed by atoms with Gasteiger partial charge in [-0.1, -0.05) is 90.9 Å². The van der Waals surface area contributed by atoms with E-state index in [-0.39, 0.29) is 17.5 Å². The maximum atomic E-state index is 12.9. The number of fused-ring (bicyclic) bond motifs is 1. The molecule has 1 aromatic heterocycles. The van der Waals surface area contributed by atoms with Crippen molar-refractivity contribution in [3.63, 3.8) is 0 Å². The monoisotopic (exact) mass is 503 g/mol. The molecule has 194 valence electrons. The number of carbonyl (C=O) groups is 2. The van der Waals surface area contributed by atoms with Gasteiger partial charge in [0.15, 0.2) is 0 Å². The Kier molecular flexibility index (Phi) is 13.5. The lowest BCUT2D eigenvalue weighted by atomic mass is 10.1. The van der Waals surface area contributed by atoms with Crippen molar-refractivity contribution >= 4 is 39.9 Å². The van der Waals surface area contributed by atoms with Gasteiger partial charge in [-0.15, -0.1) is 0 Å². The molecule has 0 aliphatic carbocycles. The highest BCUT2D eigenvalue weighted by atomic mass is 32.1. The van der Waals surface area contributed by atoms with Crippen molar-refractivity contribution < 1.29 is 14.5 Å². The predicted octanol–water partition coefficient (Wildman–Crippen LogP) is 7.96. The van der Waals surface area contributed by atoms with E-state index < -0.39 is 4.92 Å². The number of nitrogens with zero attached hydrogens (tertiary/aromatic N) is 3. The van der Waals surface area contributed by atoms with Gasteiger partial charge in [0.1, 0.15) is 4.67 Å². The van der Waals surface area contributed by atoms with Crippen LogP contribution in [0.25, 0.3) is 10.9 Å². The molecule has 0 fully saturated rings. The number of rotatable bonds is 17. The average Bonchev–Trinajstić information content (AvgIpc) is 3.20. The molecule has 0 atom stereocenters. The molecule has 0 saturated carbocycles. The summed E-state index contributed by atoms with van der Waals surface area (Å²) in [5, 5.41) is 11.8. The summed E-state index contributed by atoms with van der Waals surface area (Å²) in [6, 6.07) is 4.41. The fourth-order valence-corrected chi connectivity index (χ4v) is 5.20. The van der Waals surface area contributed by atoms with E-state index >= 15 is 0 Å². The first-order valence-electron chi connectivity index (χ1n) is 13.4. The molecule has 0 N–H and O–H groups in total. The Balaban J connectivity index is 2.07. The highest BCUT2D eigenvalue weighted by Gasteiger charge is 2.17. The van der Waals surface area contributed by atoms with Crippen LogP contribution in [0.3, 0.4) is 0 Å². The van der Waals surface area contributed by atoms with Crippen LogP contribution >= 0.6 is 11.5 Å². The number of hydrogen-bond donors (Lipinski definition) is 0. The van der Waals surface area contributed by atoms with Gasteiger partial charge in [-0.05, 0) is 30.4 Å². The van der Waals surface area contributed by atoms with E-state index in [1.165, 1.54) is 63.5 Å². The minimum atomic E-state index is -0.466. The van der Waals surface area contributed by atoms with Crippen molar-refractivity contribution in [1.82, 2.24) is 3.96 Å². The smallest absolute Gasteiger partial charge is 0.270 e. The second kappa shape index (κ2) is 16.3. The third kappa shape index (κ3) is 10.0. The van der Waals surface area contributed by atoms with Gasteiger partial charge in [0.2, 0.25) is 11.8 Å². The highest BCUT2D eigenvalue weighted by Crippen LogP contribution is 2.22. The largest absolute Gasteiger partial charge is 0.273 e. The summed E-state index contributed by atoms with van der Waals surface area (Å²) < 4.78 is 1.93. The number of aromatic nitrogens is 1. The molecule has 1 amide bonds. The first-order chi connectivity index (χ1) is 17.0. The van der Waals surface area contributed by atoms with Crippen LogP contribution in [0, 0.1) is 10.1 Å². The van der Waals surface area contributed by atoms with Crippen LogP contribution in [0.2, 0.25) is 0 Å². The van der Waals surface area contributed by atoms with Crippen molar-refractivity contribution in [1.29, 1.82) is 0 Å². The van der Waals surface area contributed by atoms with Crippen LogP contribution in [0.4, 0.5) is 5.69 Å². The fraction of sp³-hybridized carbons (Fsp3) is 0.667. The first kappa shape index (κ1) is 28.9. The average molecular weight is 504 g/mol. The maximum Gasteiger partial charge on any atom is 0.270 e. The first-order valence-corrected chi connectivity index (χ1v) is 14.2. The van der Waals surface area contributed by atoms with Gasteiger partial charge in [0.25, 0.3) is 5.69 Å². The second-order valence-corrected chi connectivity index (χ2v) is 10.2. The molecule has 7 nitrogen and oxygen atoms in total. The summed E-state index contributed by atoms with van der Waals surface area (Å²) in [6.07, 6.45) is 16.4. The lowest BCUT2D eigenvalue weighted by Crippen LogP contribution is -2.07. The molecule has 0 bridgehead atoms. The molecule has 0 saturated heterocycles. The molecule has 8 heteroatoms. The van der Waals surface area contributed by atoms with E-state index in [0.29, 0.717) is 28.4 Å². The molecular weight excluding hydrogens is 462 g/mol. The molecule has 0 spiro atoms. The summed E-state index contributed by atoms with van der Waals surface area (Å²) in [5.74, 6) is -0.289. The Morgan fingerprint density at radius 2 is 1.40 bits per heavy atom. The van der Waals surface area contributed by atoms with Gasteiger partial charge in [-0.3, -0.25) is 19.7 Å². The third-order valence-corrected chi connectivity index (χ3v) is 7.33. The number of benzene rings is 1. The van der Waals surface area contributed by atoms with E-state index in [0.717, 1.165) is 50.1 Å². The van der Waals surface area contributed by atoms with Crippen molar-refractivity contribution in [2.75, 3.05) is 0 Å². The highest BCUT2D eigenvalue weighted by molar-refractivity contribution is 7.06. The zero-order chi connectivity index (χ0) is 25.5. The molecule has 0 aliphatic heterocycles. The zero-order valence-electron chi connectivity index (χ0n) is 21.4. The van der Waals surface area contributed by atoms with E-state index in [4.69, 9.17) is 0 Å². The van der Waals surface area contributed by atoms with E-state index in [1.807, 2.05) is 0 Å². The maximum absolute atomic E-state index is 12.9. The Morgan fingerprint density at radius 3 is 1.97 bits per heavy atom. The van der Waals surface area contributed by atoms with Crippen LogP contribution in [-0.2, 0) is 4.79 Å². The molecular formula is C27H41N3O4S. The van der Waals surface area contributed by atoms with Crippen LogP contribution < -0.4 is 4.67 Å². The summed E-state index contributed by atoms with van der Waals surface area (Å²) in [6.45, 7) is 4.38. The number of unbranched alkanes of at least 4 members (excludes halogenated alkanes) is 12. The summed E-state index contributed by atoms with van der Waals surface area (Å²) in [5.41, 5.74) is 0.508. The zero-order valence-corrected chi connectivity index (χ0v) is 22.2. The predicted molar refractivity (Wildman–Crippen MR) is 143 cm³/mol. The van der Waals surface area contributed by atoms with Gasteiger partial charge in [-0.2, -0.15) is 0 Å². The number of carbonyl (C=O) groups excluding carboxylic acids is 2. The number of hydrogen-bond acceptors (Lipinski definition) is 5. The number of nitro groups is 1. The van der Waals surface area contributed by atoms with Crippen molar-refractivity contribution in [2.24, 2.45) is 4.99 Å². The molecule has 0 radical (unpaired) electrons. The number of amides is 1. The van der Waals surface area contributed by atoms with E-state index in [1.54, 1.807) is 10.0 Å². The van der Waals surface area contributed by atoms with Crippen LogP contribution in [0.1, 0.15) is 121 Å². The molecule has 35 heavy (non-hydrogen) atoms. The van der Waals surface area contributed by atoms with Gasteiger partial charge >= 0.3 is 0 Å². The molecule has 1 heterocycles. The van der Waals surface area contributed by atoms with Crippen LogP contribution in [0.15, 0.2) is 23.2 Å². The quantitative estimate of drug-likeness (QED) is 0.124. The minimum absolute atomic E-state index is 0.0524. The number of nitro benzene ring substituents is 1. The standard InChI is InChI=1S/C27H41N3O4S/c1-3-5-7-9-11-13-15-17-25(31)28-27-23-21-22(30(33)34)19-20-24(23)29(35-27)26(32)18-16-14-12-10-8-6-4-2/h19-21H,3-18H2,1-2H3. The topological polar surface area (TPSA) is 94.6 Å². The lowest BCUT2D eigenvalue weighted by molar-refractivity contribution is -0.384. The van der Waals surface area contributed by atoms with Crippen molar-refractivity contribution in [3.8, 4) is 0 Å². The minimum Gasteiger partial charge on any atom is -0.273 e. The lowest BCUT2D eigenvalue weighted by Gasteiger charge is -2.03. The molecule has 0 aliphatic rings. The molecule has 1 aromatic carbocycles. The van der Waals surface area contributed by atoms with Gasteiger partial charge < -0.3 is 0 Å². The number of non-ortho nitro benzene ring substituents is 1. The fourth-order valence-electron chi connectivity index (χ4n) is 4.17. The second-order valence-electron chi connectivity index (χ2n) is 9.29. The Bertz CT molecular complexity index is 1030. The summed E-state index contributed by atoms with van der Waals surface area (Å²) in [7, 11) is 0. The molecule has 0 unspecified atom stereocenters. The SMILES string of the molecule is CCCCCCCCCC(=O)N=c1sn(C(=O)CCCCCCCCC)c2ccc([N+](=O)[O-])cc12. The van der Waals surface area contributed by atoms with Crippen LogP contribution in [0.5, 0.6) is 0 Å². The Hall–Kier alpha value is -2.35. The van der Waals surface area contributed by atoms with E-state index in [2.05, 4.69) is 18.8 Å². The Morgan fingerprint density at radius 1 is 0.857 bits per heavy atom. The van der Waals surface area contributed by atoms with E-state index in [9.17, 15) is 19.7 Å².